The molecular weight excluding hydrogens is 330 g/mol. The van der Waals surface area contributed by atoms with Crippen LogP contribution in [0.4, 0.5) is 5.69 Å². The van der Waals surface area contributed by atoms with Gasteiger partial charge in [0.25, 0.3) is 0 Å². The summed E-state index contributed by atoms with van der Waals surface area (Å²) in [5.74, 6) is -0.0228. The van der Waals surface area contributed by atoms with Crippen LogP contribution < -0.4 is 10.6 Å². The van der Waals surface area contributed by atoms with Crippen molar-refractivity contribution in [1.29, 1.82) is 0 Å². The summed E-state index contributed by atoms with van der Waals surface area (Å²) in [4.78, 5) is 12.0. The number of anilines is 1. The van der Waals surface area contributed by atoms with E-state index in [1.54, 1.807) is 0 Å². The van der Waals surface area contributed by atoms with Crippen LogP contribution in [0.3, 0.4) is 0 Å². The van der Waals surface area contributed by atoms with Gasteiger partial charge in [-0.05, 0) is 42.7 Å². The molecule has 0 aliphatic heterocycles. The van der Waals surface area contributed by atoms with Gasteiger partial charge in [0, 0.05) is 35.1 Å². The lowest BCUT2D eigenvalue weighted by molar-refractivity contribution is -0.116. The summed E-state index contributed by atoms with van der Waals surface area (Å²) in [6.07, 6.45) is 6.55. The third-order valence-electron chi connectivity index (χ3n) is 3.42. The van der Waals surface area contributed by atoms with E-state index < -0.39 is 0 Å². The highest BCUT2D eigenvalue weighted by atomic mass is 79.9. The third-order valence-corrected chi connectivity index (χ3v) is 3.91. The minimum atomic E-state index is -0.0228. The Hall–Kier alpha value is -1.59. The summed E-state index contributed by atoms with van der Waals surface area (Å²) in [6.45, 7) is 1.21. The van der Waals surface area contributed by atoms with Crippen LogP contribution in [-0.2, 0) is 17.9 Å². The van der Waals surface area contributed by atoms with Crippen molar-refractivity contribution < 1.29 is 4.79 Å². The maximum Gasteiger partial charge on any atom is 0.244 e. The topological polar surface area (TPSA) is 46.1 Å². The highest BCUT2D eigenvalue weighted by Crippen LogP contribution is 2.19. The molecule has 1 heterocycles. The molecule has 0 radical (unpaired) electrons. The molecule has 5 heteroatoms. The van der Waals surface area contributed by atoms with Gasteiger partial charge in [-0.2, -0.15) is 0 Å². The Balaban J connectivity index is 1.51. The van der Waals surface area contributed by atoms with E-state index in [0.717, 1.165) is 16.7 Å². The van der Waals surface area contributed by atoms with Gasteiger partial charge in [0.2, 0.25) is 5.91 Å². The first-order valence-electron chi connectivity index (χ1n) is 7.12. The molecule has 1 aromatic carbocycles. The van der Waals surface area contributed by atoms with Crippen LogP contribution in [0.5, 0.6) is 0 Å². The quantitative estimate of drug-likeness (QED) is 0.843. The molecule has 2 aromatic rings. The van der Waals surface area contributed by atoms with Crippen molar-refractivity contribution >= 4 is 27.5 Å². The molecule has 0 saturated heterocycles. The predicted octanol–water partition coefficient (Wildman–Crippen LogP) is 3.14. The van der Waals surface area contributed by atoms with Crippen LogP contribution in [0.15, 0.2) is 47.2 Å². The van der Waals surface area contributed by atoms with Gasteiger partial charge in [-0.1, -0.05) is 22.0 Å². The van der Waals surface area contributed by atoms with Crippen LogP contribution in [0, 0.1) is 0 Å². The second-order valence-corrected chi connectivity index (χ2v) is 6.32. The Labute approximate surface area is 132 Å². The number of benzene rings is 1. The molecule has 1 amide bonds. The summed E-state index contributed by atoms with van der Waals surface area (Å²) < 4.78 is 2.87. The molecule has 3 rings (SSSR count). The zero-order valence-corrected chi connectivity index (χ0v) is 13.3. The Kier molecular flexibility index (Phi) is 4.41. The number of halogens is 1. The summed E-state index contributed by atoms with van der Waals surface area (Å²) >= 11 is 3.39. The van der Waals surface area contributed by atoms with E-state index in [4.69, 9.17) is 0 Å². The summed E-state index contributed by atoms with van der Waals surface area (Å²) in [5, 5.41) is 6.36. The standard InChI is InChI=1S/C16H18BrN3O/c17-13-2-1-3-15(8-13)19-16(21)11-20-7-6-12(10-20)9-18-14-4-5-14/h1-3,6-8,10,14,18H,4-5,9,11H2,(H,19,21). The van der Waals surface area contributed by atoms with Gasteiger partial charge in [0.05, 0.1) is 0 Å². The van der Waals surface area contributed by atoms with E-state index in [9.17, 15) is 4.79 Å². The Morgan fingerprint density at radius 3 is 2.95 bits per heavy atom. The number of nitrogens with zero attached hydrogens (tertiary/aromatic N) is 1. The molecule has 0 bridgehead atoms. The molecule has 1 saturated carbocycles. The van der Waals surface area contributed by atoms with Crippen molar-refractivity contribution in [3.05, 3.63) is 52.8 Å². The number of aromatic nitrogens is 1. The molecule has 4 nitrogen and oxygen atoms in total. The van der Waals surface area contributed by atoms with Crippen LogP contribution in [0.1, 0.15) is 18.4 Å². The lowest BCUT2D eigenvalue weighted by Crippen LogP contribution is -2.18. The van der Waals surface area contributed by atoms with Gasteiger partial charge in [-0.3, -0.25) is 4.79 Å². The first-order valence-corrected chi connectivity index (χ1v) is 7.92. The summed E-state index contributed by atoms with van der Waals surface area (Å²) in [6, 6.07) is 10.4. The van der Waals surface area contributed by atoms with Crippen molar-refractivity contribution in [2.24, 2.45) is 0 Å². The fourth-order valence-corrected chi connectivity index (χ4v) is 2.57. The minimum Gasteiger partial charge on any atom is -0.345 e. The largest absolute Gasteiger partial charge is 0.345 e. The van der Waals surface area contributed by atoms with E-state index in [1.165, 1.54) is 18.4 Å². The van der Waals surface area contributed by atoms with Gasteiger partial charge in [-0.25, -0.2) is 0 Å². The van der Waals surface area contributed by atoms with Gasteiger partial charge in [-0.15, -0.1) is 0 Å². The van der Waals surface area contributed by atoms with E-state index in [1.807, 2.05) is 41.2 Å². The molecule has 0 spiro atoms. The van der Waals surface area contributed by atoms with Gasteiger partial charge < -0.3 is 15.2 Å². The smallest absolute Gasteiger partial charge is 0.244 e. The number of carbonyl (C=O) groups excluding carboxylic acids is 1. The van der Waals surface area contributed by atoms with Crippen molar-refractivity contribution in [2.75, 3.05) is 5.32 Å². The second kappa shape index (κ2) is 6.45. The highest BCUT2D eigenvalue weighted by Gasteiger charge is 2.20. The number of hydrogen-bond donors (Lipinski definition) is 2. The molecule has 1 aliphatic carbocycles. The Morgan fingerprint density at radius 1 is 1.33 bits per heavy atom. The van der Waals surface area contributed by atoms with Gasteiger partial charge in [0.15, 0.2) is 0 Å². The normalized spacial score (nSPS) is 14.1. The van der Waals surface area contributed by atoms with Gasteiger partial charge in [0.1, 0.15) is 6.54 Å². The van der Waals surface area contributed by atoms with Crippen molar-refractivity contribution in [1.82, 2.24) is 9.88 Å². The Bertz CT molecular complexity index is 634. The first kappa shape index (κ1) is 14.4. The molecule has 1 aromatic heterocycles. The molecule has 2 N–H and O–H groups in total. The van der Waals surface area contributed by atoms with E-state index in [-0.39, 0.29) is 5.91 Å². The fourth-order valence-electron chi connectivity index (χ4n) is 2.18. The minimum absolute atomic E-state index is 0.0228. The monoisotopic (exact) mass is 347 g/mol. The average Bonchev–Trinajstić information content (AvgIpc) is 3.17. The molecule has 1 fully saturated rings. The number of nitrogens with one attached hydrogen (secondary N) is 2. The van der Waals surface area contributed by atoms with Crippen LogP contribution in [-0.4, -0.2) is 16.5 Å². The molecular formula is C16H18BrN3O. The van der Waals surface area contributed by atoms with Crippen LogP contribution >= 0.6 is 15.9 Å². The zero-order valence-electron chi connectivity index (χ0n) is 11.7. The Morgan fingerprint density at radius 2 is 2.19 bits per heavy atom. The summed E-state index contributed by atoms with van der Waals surface area (Å²) in [7, 11) is 0. The lowest BCUT2D eigenvalue weighted by Gasteiger charge is -2.06. The lowest BCUT2D eigenvalue weighted by atomic mass is 10.3. The number of rotatable bonds is 6. The summed E-state index contributed by atoms with van der Waals surface area (Å²) in [5.41, 5.74) is 2.02. The van der Waals surface area contributed by atoms with E-state index >= 15 is 0 Å². The maximum absolute atomic E-state index is 12.0. The molecule has 1 aliphatic rings. The SMILES string of the molecule is O=C(Cn1ccc(CNC2CC2)c1)Nc1cccc(Br)c1. The average molecular weight is 348 g/mol. The molecule has 110 valence electrons. The van der Waals surface area contributed by atoms with Crippen LogP contribution in [0.2, 0.25) is 0 Å². The van der Waals surface area contributed by atoms with Crippen molar-refractivity contribution in [2.45, 2.75) is 32.0 Å². The number of hydrogen-bond acceptors (Lipinski definition) is 2. The zero-order chi connectivity index (χ0) is 14.7. The van der Waals surface area contributed by atoms with E-state index in [0.29, 0.717) is 12.6 Å². The highest BCUT2D eigenvalue weighted by molar-refractivity contribution is 9.10. The van der Waals surface area contributed by atoms with Crippen molar-refractivity contribution in [3.63, 3.8) is 0 Å². The molecule has 21 heavy (non-hydrogen) atoms. The second-order valence-electron chi connectivity index (χ2n) is 5.41. The first-order chi connectivity index (χ1) is 10.2. The fraction of sp³-hybridized carbons (Fsp3) is 0.312. The van der Waals surface area contributed by atoms with Crippen molar-refractivity contribution in [3.8, 4) is 0 Å². The third kappa shape index (κ3) is 4.44. The molecule has 0 unspecified atom stereocenters. The van der Waals surface area contributed by atoms with Crippen LogP contribution in [0.25, 0.3) is 0 Å². The predicted molar refractivity (Wildman–Crippen MR) is 87.1 cm³/mol. The number of amides is 1. The van der Waals surface area contributed by atoms with Gasteiger partial charge >= 0.3 is 0 Å². The van der Waals surface area contributed by atoms with E-state index in [2.05, 4.69) is 32.6 Å². The maximum atomic E-state index is 12.0. The molecule has 0 atom stereocenters. The number of carbonyl (C=O) groups is 1.